The second-order valence-corrected chi connectivity index (χ2v) is 6.06. The van der Waals surface area contributed by atoms with Crippen LogP contribution in [0.25, 0.3) is 16.6 Å². The number of hydrogen-bond donors (Lipinski definition) is 1. The molecule has 0 spiro atoms. The molecule has 1 N–H and O–H groups in total. The molecular weight excluding hydrogens is 348 g/mol. The van der Waals surface area contributed by atoms with Crippen molar-refractivity contribution in [3.05, 3.63) is 52.1 Å². The molecule has 0 amide bonds. The van der Waals surface area contributed by atoms with E-state index in [1.807, 2.05) is 13.0 Å². The smallest absolute Gasteiger partial charge is 0.358 e. The van der Waals surface area contributed by atoms with Crippen molar-refractivity contribution in [3.8, 4) is 17.2 Å². The highest BCUT2D eigenvalue weighted by atomic mass is 16.5. The Kier molecular flexibility index (Phi) is 4.94. The second kappa shape index (κ2) is 7.19. The van der Waals surface area contributed by atoms with Gasteiger partial charge in [-0.15, -0.1) is 0 Å². The van der Waals surface area contributed by atoms with Crippen LogP contribution in [0.15, 0.2) is 35.1 Å². The van der Waals surface area contributed by atoms with Crippen molar-refractivity contribution in [1.29, 1.82) is 0 Å². The number of rotatable bonds is 5. The zero-order valence-corrected chi connectivity index (χ0v) is 15.8. The van der Waals surface area contributed by atoms with Crippen LogP contribution in [0.2, 0.25) is 0 Å². The summed E-state index contributed by atoms with van der Waals surface area (Å²) in [6.45, 7) is 3.80. The quantitative estimate of drug-likeness (QED) is 0.699. The van der Waals surface area contributed by atoms with E-state index in [4.69, 9.17) is 9.47 Å². The van der Waals surface area contributed by atoms with Crippen molar-refractivity contribution in [2.24, 2.45) is 7.05 Å². The first-order chi connectivity index (χ1) is 12.9. The van der Waals surface area contributed by atoms with Gasteiger partial charge in [0.05, 0.1) is 19.2 Å². The fourth-order valence-electron chi connectivity index (χ4n) is 3.24. The number of carbonyl (C=O) groups excluding carboxylic acids is 1. The van der Waals surface area contributed by atoms with Gasteiger partial charge >= 0.3 is 5.97 Å². The number of benzene rings is 1. The molecule has 0 fully saturated rings. The summed E-state index contributed by atoms with van der Waals surface area (Å²) in [5.41, 5.74) is 1.48. The van der Waals surface area contributed by atoms with Crippen molar-refractivity contribution >= 4 is 16.9 Å². The number of esters is 1. The number of pyridine rings is 1. The highest BCUT2D eigenvalue weighted by Gasteiger charge is 2.26. The normalized spacial score (nSPS) is 11.0. The lowest BCUT2D eigenvalue weighted by Gasteiger charge is -2.13. The molecule has 0 radical (unpaired) electrons. The van der Waals surface area contributed by atoms with Gasteiger partial charge in [-0.3, -0.25) is 9.36 Å². The number of nitrogens with zero attached hydrogens (tertiary/aromatic N) is 2. The van der Waals surface area contributed by atoms with E-state index in [9.17, 15) is 14.7 Å². The summed E-state index contributed by atoms with van der Waals surface area (Å²) in [5.74, 6) is -0.346. The highest BCUT2D eigenvalue weighted by molar-refractivity contribution is 6.01. The molecule has 0 bridgehead atoms. The molecule has 2 aromatic heterocycles. The Morgan fingerprint density at radius 2 is 1.85 bits per heavy atom. The average molecular weight is 370 g/mol. The van der Waals surface area contributed by atoms with Crippen molar-refractivity contribution in [2.75, 3.05) is 13.7 Å². The summed E-state index contributed by atoms with van der Waals surface area (Å²) in [6.07, 6.45) is 0.595. The predicted octanol–water partition coefficient (Wildman–Crippen LogP) is 2.78. The van der Waals surface area contributed by atoms with Gasteiger partial charge in [0.25, 0.3) is 5.56 Å². The third-order valence-electron chi connectivity index (χ3n) is 4.58. The summed E-state index contributed by atoms with van der Waals surface area (Å²) < 4.78 is 13.2. The van der Waals surface area contributed by atoms with Gasteiger partial charge in [0.2, 0.25) is 0 Å². The van der Waals surface area contributed by atoms with Gasteiger partial charge in [0.1, 0.15) is 11.1 Å². The average Bonchev–Trinajstić information content (AvgIpc) is 2.92. The number of methoxy groups -OCH3 is 1. The lowest BCUT2D eigenvalue weighted by Crippen LogP contribution is -2.21. The molecule has 7 nitrogen and oxygen atoms in total. The molecule has 142 valence electrons. The predicted molar refractivity (Wildman–Crippen MR) is 102 cm³/mol. The summed E-state index contributed by atoms with van der Waals surface area (Å²) in [7, 11) is 3.20. The van der Waals surface area contributed by atoms with Crippen LogP contribution in [0, 0.1) is 0 Å². The van der Waals surface area contributed by atoms with Crippen LogP contribution in [0.1, 0.15) is 30.0 Å². The van der Waals surface area contributed by atoms with Crippen molar-refractivity contribution < 1.29 is 19.4 Å². The third-order valence-corrected chi connectivity index (χ3v) is 4.58. The van der Waals surface area contributed by atoms with Crippen LogP contribution < -0.4 is 10.3 Å². The van der Waals surface area contributed by atoms with Gasteiger partial charge in [0.15, 0.2) is 11.4 Å². The van der Waals surface area contributed by atoms with Gasteiger partial charge < -0.3 is 19.1 Å². The Bertz CT molecular complexity index is 1060. The Balaban J connectivity index is 2.33. The zero-order valence-electron chi connectivity index (χ0n) is 15.8. The number of carbonyl (C=O) groups is 1. The fraction of sp³-hybridized carbons (Fsp3) is 0.300. The van der Waals surface area contributed by atoms with Crippen LogP contribution >= 0.6 is 0 Å². The van der Waals surface area contributed by atoms with Gasteiger partial charge in [-0.1, -0.05) is 6.92 Å². The molecule has 0 atom stereocenters. The summed E-state index contributed by atoms with van der Waals surface area (Å²) in [4.78, 5) is 25.5. The second-order valence-electron chi connectivity index (χ2n) is 6.06. The largest absolute Gasteiger partial charge is 0.505 e. The summed E-state index contributed by atoms with van der Waals surface area (Å²) in [6, 6.07) is 8.89. The van der Waals surface area contributed by atoms with E-state index in [0.717, 1.165) is 5.69 Å². The molecule has 7 heteroatoms. The summed E-state index contributed by atoms with van der Waals surface area (Å²) in [5, 5.41) is 10.7. The van der Waals surface area contributed by atoms with Crippen LogP contribution in [0.3, 0.4) is 0 Å². The summed E-state index contributed by atoms with van der Waals surface area (Å²) >= 11 is 0. The first-order valence-electron chi connectivity index (χ1n) is 8.72. The monoisotopic (exact) mass is 370 g/mol. The van der Waals surface area contributed by atoms with E-state index >= 15 is 0 Å². The van der Waals surface area contributed by atoms with E-state index in [0.29, 0.717) is 23.4 Å². The number of aromatic hydroxyl groups is 1. The van der Waals surface area contributed by atoms with E-state index in [-0.39, 0.29) is 23.4 Å². The Morgan fingerprint density at radius 1 is 1.19 bits per heavy atom. The van der Waals surface area contributed by atoms with Gasteiger partial charge in [-0.25, -0.2) is 4.79 Å². The van der Waals surface area contributed by atoms with E-state index in [2.05, 4.69) is 0 Å². The zero-order chi connectivity index (χ0) is 19.7. The lowest BCUT2D eigenvalue weighted by molar-refractivity contribution is 0.0512. The van der Waals surface area contributed by atoms with E-state index in [1.54, 1.807) is 45.3 Å². The molecule has 0 aliphatic rings. The number of aryl methyl sites for hydroxylation is 2. The minimum Gasteiger partial charge on any atom is -0.505 e. The van der Waals surface area contributed by atoms with Gasteiger partial charge in [0, 0.05) is 18.4 Å². The SMILES string of the molecule is CCOC(=O)c1c(O)c2c(=O)n(-c3ccc(OC)cc3)c(CC)cc2n1C. The van der Waals surface area contributed by atoms with E-state index < -0.39 is 11.5 Å². The number of fused-ring (bicyclic) bond motifs is 1. The van der Waals surface area contributed by atoms with E-state index in [1.165, 1.54) is 9.13 Å². The first-order valence-corrected chi connectivity index (χ1v) is 8.72. The van der Waals surface area contributed by atoms with Crippen LogP contribution in [0.4, 0.5) is 0 Å². The molecule has 3 aromatic rings. The molecule has 0 aliphatic carbocycles. The highest BCUT2D eigenvalue weighted by Crippen LogP contribution is 2.31. The molecule has 0 aliphatic heterocycles. The van der Waals surface area contributed by atoms with Crippen molar-refractivity contribution in [1.82, 2.24) is 9.13 Å². The third kappa shape index (κ3) is 2.95. The maximum Gasteiger partial charge on any atom is 0.358 e. The van der Waals surface area contributed by atoms with Crippen molar-refractivity contribution in [2.45, 2.75) is 20.3 Å². The van der Waals surface area contributed by atoms with Gasteiger partial charge in [-0.05, 0) is 43.7 Å². The minimum atomic E-state index is -0.665. The molecule has 3 rings (SSSR count). The number of ether oxygens (including phenoxy) is 2. The molecule has 2 heterocycles. The standard InChI is InChI=1S/C20H22N2O5/c1-5-12-11-15-16(18(23)17(21(15)3)20(25)27-6-2)19(24)22(12)13-7-9-14(26-4)10-8-13/h7-11,23H,5-6H2,1-4H3. The first kappa shape index (κ1) is 18.6. The van der Waals surface area contributed by atoms with Crippen molar-refractivity contribution in [3.63, 3.8) is 0 Å². The Labute approximate surface area is 156 Å². The molecule has 0 saturated heterocycles. The minimum absolute atomic E-state index is 0.0292. The van der Waals surface area contributed by atoms with Gasteiger partial charge in [-0.2, -0.15) is 0 Å². The molecule has 0 unspecified atom stereocenters. The maximum absolute atomic E-state index is 13.2. The lowest BCUT2D eigenvalue weighted by atomic mass is 10.2. The fourth-order valence-corrected chi connectivity index (χ4v) is 3.24. The molecule has 27 heavy (non-hydrogen) atoms. The van der Waals surface area contributed by atoms with Crippen LogP contribution in [0.5, 0.6) is 11.5 Å². The Hall–Kier alpha value is -3.22. The number of hydrogen-bond acceptors (Lipinski definition) is 5. The van der Waals surface area contributed by atoms with Crippen LogP contribution in [-0.4, -0.2) is 33.9 Å². The van der Waals surface area contributed by atoms with Crippen LogP contribution in [-0.2, 0) is 18.2 Å². The molecule has 0 saturated carbocycles. The molecule has 1 aromatic carbocycles. The molecular formula is C20H22N2O5. The Morgan fingerprint density at radius 3 is 2.41 bits per heavy atom. The number of aromatic nitrogens is 2. The topological polar surface area (TPSA) is 82.7 Å². The maximum atomic E-state index is 13.2.